The second-order valence-electron chi connectivity index (χ2n) is 12.9. The lowest BCUT2D eigenvalue weighted by molar-refractivity contribution is -0.149. The van der Waals surface area contributed by atoms with E-state index in [1.807, 2.05) is 57.2 Å². The van der Waals surface area contributed by atoms with Crippen LogP contribution >= 0.6 is 0 Å². The highest BCUT2D eigenvalue weighted by Crippen LogP contribution is 2.26. The zero-order chi connectivity index (χ0) is 36.5. The van der Waals surface area contributed by atoms with Gasteiger partial charge >= 0.3 is 12.1 Å². The molecule has 2 aliphatic heterocycles. The summed E-state index contributed by atoms with van der Waals surface area (Å²) in [5, 5.41) is 7.33. The van der Waals surface area contributed by atoms with Crippen LogP contribution in [0, 0.1) is 11.8 Å². The monoisotopic (exact) mass is 694 g/mol. The number of hydrogen-bond donors (Lipinski definition) is 2. The van der Waals surface area contributed by atoms with Gasteiger partial charge in [0.2, 0.25) is 11.8 Å². The number of fused-ring (bicyclic) bond motifs is 4. The predicted molar refractivity (Wildman–Crippen MR) is 190 cm³/mol. The van der Waals surface area contributed by atoms with Gasteiger partial charge in [-0.2, -0.15) is 0 Å². The summed E-state index contributed by atoms with van der Waals surface area (Å²) >= 11 is 0. The Bertz CT molecular complexity index is 1910. The van der Waals surface area contributed by atoms with E-state index < -0.39 is 30.2 Å². The van der Waals surface area contributed by atoms with Gasteiger partial charge in [0.05, 0.1) is 12.1 Å². The summed E-state index contributed by atoms with van der Waals surface area (Å²) in [7, 11) is 0. The molecule has 3 aromatic rings. The highest BCUT2D eigenvalue weighted by atomic mass is 16.6. The van der Waals surface area contributed by atoms with Crippen molar-refractivity contribution >= 4 is 46.1 Å². The van der Waals surface area contributed by atoms with Crippen LogP contribution in [0.25, 0.3) is 10.8 Å². The summed E-state index contributed by atoms with van der Waals surface area (Å²) < 4.78 is 17.1. The molecule has 2 aromatic carbocycles. The zero-order valence-corrected chi connectivity index (χ0v) is 29.1. The molecular weight excluding hydrogens is 652 g/mol. The molecular formula is C39H42N4O8. The van der Waals surface area contributed by atoms with E-state index in [1.54, 1.807) is 43.4 Å². The largest absolute Gasteiger partial charge is 0.457 e. The number of carbonyl (C=O) groups excluding carboxylic acids is 5. The molecule has 12 heteroatoms. The molecule has 0 fully saturated rings. The number of Topliss-reactive ketones (excluding diaryl/α,β-unsaturated/α-hetero) is 1. The molecule has 2 N–H and O–H groups in total. The molecule has 2 aliphatic rings. The van der Waals surface area contributed by atoms with Gasteiger partial charge in [-0.25, -0.2) is 14.6 Å². The number of rotatable bonds is 3. The van der Waals surface area contributed by atoms with Gasteiger partial charge in [-0.15, -0.1) is 0 Å². The first-order valence-electron chi connectivity index (χ1n) is 16.9. The van der Waals surface area contributed by atoms with E-state index in [0.29, 0.717) is 17.7 Å². The van der Waals surface area contributed by atoms with Gasteiger partial charge in [0.1, 0.15) is 30.0 Å². The maximum atomic E-state index is 13.5. The van der Waals surface area contributed by atoms with Crippen molar-refractivity contribution in [2.24, 2.45) is 11.8 Å². The third-order valence-electron chi connectivity index (χ3n) is 8.46. The minimum Gasteiger partial charge on any atom is -0.457 e. The Morgan fingerprint density at radius 1 is 1.08 bits per heavy atom. The van der Waals surface area contributed by atoms with Crippen molar-refractivity contribution in [2.45, 2.75) is 59.2 Å². The van der Waals surface area contributed by atoms with Crippen LogP contribution in [0.2, 0.25) is 0 Å². The molecule has 51 heavy (non-hydrogen) atoms. The minimum atomic E-state index is -0.967. The normalized spacial score (nSPS) is 23.4. The number of oxazole rings is 1. The van der Waals surface area contributed by atoms with E-state index in [1.165, 1.54) is 11.0 Å². The summed E-state index contributed by atoms with van der Waals surface area (Å²) in [5.41, 5.74) is 1.26. The molecule has 3 heterocycles. The smallest absolute Gasteiger partial charge is 0.412 e. The van der Waals surface area contributed by atoms with Crippen LogP contribution < -0.4 is 10.6 Å². The molecule has 0 saturated heterocycles. The van der Waals surface area contributed by atoms with Crippen molar-refractivity contribution in [2.75, 3.05) is 18.4 Å². The molecule has 0 radical (unpaired) electrons. The number of ether oxygens (including phenoxy) is 2. The van der Waals surface area contributed by atoms with Crippen LogP contribution in [-0.2, 0) is 30.3 Å². The first kappa shape index (κ1) is 36.5. The van der Waals surface area contributed by atoms with Gasteiger partial charge < -0.3 is 24.1 Å². The van der Waals surface area contributed by atoms with Crippen molar-refractivity contribution < 1.29 is 37.9 Å². The fourth-order valence-electron chi connectivity index (χ4n) is 6.00. The first-order valence-corrected chi connectivity index (χ1v) is 16.9. The minimum absolute atomic E-state index is 0.00447. The Morgan fingerprint density at radius 3 is 2.67 bits per heavy atom. The predicted octanol–water partition coefficient (Wildman–Crippen LogP) is 6.07. The summed E-state index contributed by atoms with van der Waals surface area (Å²) in [6.45, 7) is 7.90. The van der Waals surface area contributed by atoms with E-state index in [0.717, 1.165) is 17.0 Å². The molecule has 0 unspecified atom stereocenters. The molecule has 12 nitrogen and oxygen atoms in total. The highest BCUT2D eigenvalue weighted by Gasteiger charge is 2.33. The molecule has 0 saturated carbocycles. The van der Waals surface area contributed by atoms with Gasteiger partial charge in [-0.3, -0.25) is 19.7 Å². The fraction of sp³-hybridized carbons (Fsp3) is 0.333. The van der Waals surface area contributed by atoms with Crippen LogP contribution in [0.3, 0.4) is 0 Å². The number of aromatic nitrogens is 1. The Labute approximate surface area is 296 Å². The number of carbonyl (C=O) groups is 5. The highest BCUT2D eigenvalue weighted by molar-refractivity contribution is 6.01. The molecule has 5 rings (SSSR count). The van der Waals surface area contributed by atoms with E-state index in [2.05, 4.69) is 15.6 Å². The summed E-state index contributed by atoms with van der Waals surface area (Å²) in [4.78, 5) is 71.3. The number of nitrogens with zero attached hydrogens (tertiary/aromatic N) is 2. The van der Waals surface area contributed by atoms with Gasteiger partial charge in [0.15, 0.2) is 5.69 Å². The number of anilines is 1. The van der Waals surface area contributed by atoms with Crippen LogP contribution in [0.1, 0.15) is 56.9 Å². The van der Waals surface area contributed by atoms with Crippen molar-refractivity contribution in [3.05, 3.63) is 108 Å². The molecule has 0 aliphatic carbocycles. The molecule has 3 amide bonds. The second-order valence-corrected chi connectivity index (χ2v) is 12.9. The molecule has 3 atom stereocenters. The Hall–Kier alpha value is -5.78. The molecule has 2 bridgehead atoms. The van der Waals surface area contributed by atoms with Gasteiger partial charge in [0, 0.05) is 30.8 Å². The number of cyclic esters (lactones) is 1. The summed E-state index contributed by atoms with van der Waals surface area (Å²) in [6.07, 6.45) is 8.68. The number of allylic oxidation sites excluding steroid dienone is 2. The molecule has 266 valence electrons. The van der Waals surface area contributed by atoms with Crippen LogP contribution in [0.5, 0.6) is 0 Å². The van der Waals surface area contributed by atoms with Crippen molar-refractivity contribution in [1.82, 2.24) is 15.2 Å². The first-order chi connectivity index (χ1) is 24.5. The average Bonchev–Trinajstić information content (AvgIpc) is 3.78. The van der Waals surface area contributed by atoms with Gasteiger partial charge in [-0.05, 0) is 42.9 Å². The number of ketones is 1. The number of hydrogen-bond acceptors (Lipinski definition) is 9. The summed E-state index contributed by atoms with van der Waals surface area (Å²) in [5.74, 6) is -2.31. The second kappa shape index (κ2) is 16.8. The number of nitrogens with one attached hydrogen (secondary N) is 2. The summed E-state index contributed by atoms with van der Waals surface area (Å²) in [6, 6.07) is 13.1. The molecule has 1 aromatic heterocycles. The molecule has 0 spiro atoms. The van der Waals surface area contributed by atoms with Gasteiger partial charge in [0.25, 0.3) is 5.91 Å². The zero-order valence-electron chi connectivity index (χ0n) is 29.1. The van der Waals surface area contributed by atoms with E-state index in [9.17, 15) is 24.0 Å². The number of esters is 1. The SMILES string of the molecule is CC1=C\[C@@H](OC(=O)Nc2cccc3ccccc23)CC(=O)Cc2nc(co2)C(=O)N2CCC=C2C(=O)O[C@H](C(C)C)[C@H](C)/C=C/C(=O)NC\C=C\1. The van der Waals surface area contributed by atoms with Crippen LogP contribution in [0.4, 0.5) is 10.5 Å². The van der Waals surface area contributed by atoms with E-state index >= 15 is 0 Å². The Kier molecular flexibility index (Phi) is 12.0. The Morgan fingerprint density at radius 2 is 1.86 bits per heavy atom. The van der Waals surface area contributed by atoms with Gasteiger partial charge in [-0.1, -0.05) is 87.0 Å². The topological polar surface area (TPSA) is 157 Å². The maximum absolute atomic E-state index is 13.5. The maximum Gasteiger partial charge on any atom is 0.412 e. The van der Waals surface area contributed by atoms with E-state index in [-0.39, 0.29) is 66.7 Å². The van der Waals surface area contributed by atoms with Crippen LogP contribution in [-0.4, -0.2) is 64.8 Å². The Balaban J connectivity index is 1.38. The quantitative estimate of drug-likeness (QED) is 0.311. The van der Waals surface area contributed by atoms with Crippen molar-refractivity contribution in [3.63, 3.8) is 0 Å². The fourth-order valence-corrected chi connectivity index (χ4v) is 6.00. The van der Waals surface area contributed by atoms with Crippen molar-refractivity contribution in [3.8, 4) is 0 Å². The van der Waals surface area contributed by atoms with Crippen LogP contribution in [0.15, 0.2) is 101 Å². The lowest BCUT2D eigenvalue weighted by atomic mass is 9.94. The van der Waals surface area contributed by atoms with E-state index in [4.69, 9.17) is 13.9 Å². The third-order valence-corrected chi connectivity index (χ3v) is 8.46. The lowest BCUT2D eigenvalue weighted by Crippen LogP contribution is -2.36. The number of amides is 3. The van der Waals surface area contributed by atoms with Crippen molar-refractivity contribution in [1.29, 1.82) is 0 Å². The lowest BCUT2D eigenvalue weighted by Gasteiger charge is -2.27. The third kappa shape index (κ3) is 9.68. The average molecular weight is 695 g/mol. The number of benzene rings is 2. The standard InChI is InChI=1S/C39H42N4O8/c1-24(2)36-26(4)16-17-34(45)40-18-8-10-25(3)20-29(50-39(48)42-31-14-7-12-27-11-5-6-13-30(27)31)21-28(44)22-35-41-32(23-49-35)37(46)43-19-9-15-33(43)38(47)51-36/h5-8,10-17,20,23-24,26,29,36H,9,18-19,21-22H2,1-4H3,(H,40,45)(H,42,48)/b10-8+,17-16+,25-20+/t26-,29-,36-/m1/s1.